The van der Waals surface area contributed by atoms with Crippen molar-refractivity contribution in [2.24, 2.45) is 5.10 Å². The number of rotatable bonds is 7. The number of benzene rings is 2. The number of nitrogens with one attached hydrogen (secondary N) is 1. The Hall–Kier alpha value is -2.06. The molecule has 0 unspecified atom stereocenters. The molecule has 1 saturated carbocycles. The maximum absolute atomic E-state index is 12.4. The Balaban J connectivity index is 1.44. The number of aromatic nitrogens is 3. The van der Waals surface area contributed by atoms with Crippen LogP contribution in [-0.2, 0) is 4.79 Å². The molecule has 1 amide bonds. The van der Waals surface area contributed by atoms with Gasteiger partial charge in [-0.15, -0.1) is 10.2 Å². The van der Waals surface area contributed by atoms with Gasteiger partial charge in [0.2, 0.25) is 0 Å². The minimum atomic E-state index is -0.234. The summed E-state index contributed by atoms with van der Waals surface area (Å²) >= 11 is 19.3. The number of carbonyl (C=O) groups excluding carboxylic acids is 1. The maximum atomic E-state index is 12.4. The van der Waals surface area contributed by atoms with Gasteiger partial charge in [-0.05, 0) is 54.8 Å². The van der Waals surface area contributed by atoms with Gasteiger partial charge < -0.3 is 0 Å². The van der Waals surface area contributed by atoms with Crippen molar-refractivity contribution < 1.29 is 4.79 Å². The summed E-state index contributed by atoms with van der Waals surface area (Å²) in [6, 6.07) is 13.0. The fourth-order valence-electron chi connectivity index (χ4n) is 3.77. The van der Waals surface area contributed by atoms with Gasteiger partial charge in [0.25, 0.3) is 5.91 Å². The van der Waals surface area contributed by atoms with Crippen LogP contribution in [0.5, 0.6) is 0 Å². The lowest BCUT2D eigenvalue weighted by Crippen LogP contribution is -2.20. The van der Waals surface area contributed by atoms with Gasteiger partial charge in [0.05, 0.1) is 22.0 Å². The van der Waals surface area contributed by atoms with Crippen LogP contribution in [0.15, 0.2) is 52.7 Å². The molecule has 0 atom stereocenters. The summed E-state index contributed by atoms with van der Waals surface area (Å²) in [5.41, 5.74) is 4.24. The molecule has 0 aliphatic heterocycles. The van der Waals surface area contributed by atoms with Gasteiger partial charge in [0.1, 0.15) is 0 Å². The Bertz CT molecular complexity index is 1140. The average molecular weight is 523 g/mol. The fraction of sp³-hybridized carbons (Fsp3) is 0.304. The number of amides is 1. The Morgan fingerprint density at radius 2 is 1.82 bits per heavy atom. The minimum Gasteiger partial charge on any atom is -0.299 e. The van der Waals surface area contributed by atoms with E-state index in [1.165, 1.54) is 37.2 Å². The van der Waals surface area contributed by atoms with E-state index in [-0.39, 0.29) is 11.7 Å². The molecular formula is C23H22Cl3N5OS. The summed E-state index contributed by atoms with van der Waals surface area (Å²) in [4.78, 5) is 12.4. The van der Waals surface area contributed by atoms with E-state index in [0.29, 0.717) is 21.1 Å². The van der Waals surface area contributed by atoms with E-state index >= 15 is 0 Å². The van der Waals surface area contributed by atoms with Crippen LogP contribution >= 0.6 is 46.6 Å². The molecule has 0 spiro atoms. The lowest BCUT2D eigenvalue weighted by atomic mass is 9.95. The first-order valence-electron chi connectivity index (χ1n) is 10.6. The minimum absolute atomic E-state index is 0.171. The SMILES string of the molecule is O=C(CSc1nnc(-c2ccc(Cl)cc2)n1C1CCCCC1)NN=Cc1ccc(Cl)c(Cl)c1. The molecule has 4 rings (SSSR count). The Morgan fingerprint density at radius 3 is 2.55 bits per heavy atom. The molecule has 3 aromatic rings. The third-order valence-electron chi connectivity index (χ3n) is 5.39. The second-order valence-electron chi connectivity index (χ2n) is 7.73. The van der Waals surface area contributed by atoms with E-state index < -0.39 is 0 Å². The van der Waals surface area contributed by atoms with E-state index in [0.717, 1.165) is 34.9 Å². The topological polar surface area (TPSA) is 72.2 Å². The summed E-state index contributed by atoms with van der Waals surface area (Å²) < 4.78 is 2.18. The molecule has 33 heavy (non-hydrogen) atoms. The third-order valence-corrected chi connectivity index (χ3v) is 7.32. The first-order valence-corrected chi connectivity index (χ1v) is 12.7. The zero-order chi connectivity index (χ0) is 23.2. The summed E-state index contributed by atoms with van der Waals surface area (Å²) in [5.74, 6) is 0.742. The molecule has 1 aliphatic rings. The van der Waals surface area contributed by atoms with Crippen molar-refractivity contribution in [3.05, 3.63) is 63.1 Å². The van der Waals surface area contributed by atoms with Crippen LogP contribution in [0.3, 0.4) is 0 Å². The maximum Gasteiger partial charge on any atom is 0.250 e. The highest BCUT2D eigenvalue weighted by Crippen LogP contribution is 2.35. The molecule has 10 heteroatoms. The zero-order valence-corrected chi connectivity index (χ0v) is 20.8. The lowest BCUT2D eigenvalue weighted by Gasteiger charge is -2.25. The van der Waals surface area contributed by atoms with Crippen LogP contribution in [0.2, 0.25) is 15.1 Å². The second-order valence-corrected chi connectivity index (χ2v) is 9.92. The molecule has 172 valence electrons. The van der Waals surface area contributed by atoms with Crippen LogP contribution < -0.4 is 5.43 Å². The first kappa shape index (κ1) is 24.1. The molecular weight excluding hydrogens is 501 g/mol. The summed E-state index contributed by atoms with van der Waals surface area (Å²) in [6.45, 7) is 0. The van der Waals surface area contributed by atoms with E-state index in [1.807, 2.05) is 24.3 Å². The highest BCUT2D eigenvalue weighted by molar-refractivity contribution is 7.99. The van der Waals surface area contributed by atoms with Crippen molar-refractivity contribution in [2.75, 3.05) is 5.75 Å². The van der Waals surface area contributed by atoms with Gasteiger partial charge in [0.15, 0.2) is 11.0 Å². The molecule has 1 aliphatic carbocycles. The van der Waals surface area contributed by atoms with Crippen LogP contribution in [0.1, 0.15) is 43.7 Å². The Morgan fingerprint density at radius 1 is 1.06 bits per heavy atom. The average Bonchev–Trinajstić information content (AvgIpc) is 3.25. The molecule has 2 aromatic carbocycles. The molecule has 0 saturated heterocycles. The van der Waals surface area contributed by atoms with Crippen LogP contribution in [-0.4, -0.2) is 32.6 Å². The monoisotopic (exact) mass is 521 g/mol. The predicted molar refractivity (Wildman–Crippen MR) is 136 cm³/mol. The molecule has 1 N–H and O–H groups in total. The van der Waals surface area contributed by atoms with E-state index in [4.69, 9.17) is 34.8 Å². The van der Waals surface area contributed by atoms with Crippen molar-refractivity contribution in [3.63, 3.8) is 0 Å². The molecule has 0 radical (unpaired) electrons. The van der Waals surface area contributed by atoms with E-state index in [2.05, 4.69) is 25.3 Å². The molecule has 1 aromatic heterocycles. The number of hydrogen-bond donors (Lipinski definition) is 1. The second kappa shape index (κ2) is 11.4. The molecule has 1 fully saturated rings. The van der Waals surface area contributed by atoms with Crippen molar-refractivity contribution in [1.29, 1.82) is 0 Å². The number of nitrogens with zero attached hydrogens (tertiary/aromatic N) is 4. The van der Waals surface area contributed by atoms with Crippen LogP contribution in [0.25, 0.3) is 11.4 Å². The van der Waals surface area contributed by atoms with Crippen LogP contribution in [0.4, 0.5) is 0 Å². The number of hydrogen-bond acceptors (Lipinski definition) is 5. The van der Waals surface area contributed by atoms with Gasteiger partial charge in [-0.2, -0.15) is 5.10 Å². The quantitative estimate of drug-likeness (QED) is 0.214. The first-order chi connectivity index (χ1) is 16.0. The van der Waals surface area contributed by atoms with Crippen molar-refractivity contribution in [2.45, 2.75) is 43.3 Å². The highest BCUT2D eigenvalue weighted by Gasteiger charge is 2.24. The van der Waals surface area contributed by atoms with Gasteiger partial charge in [0, 0.05) is 16.6 Å². The normalized spacial score (nSPS) is 14.6. The zero-order valence-electron chi connectivity index (χ0n) is 17.7. The van der Waals surface area contributed by atoms with Crippen molar-refractivity contribution >= 4 is 58.7 Å². The number of thioether (sulfide) groups is 1. The van der Waals surface area contributed by atoms with Gasteiger partial charge in [-0.25, -0.2) is 5.43 Å². The smallest absolute Gasteiger partial charge is 0.250 e. The third kappa shape index (κ3) is 6.29. The van der Waals surface area contributed by atoms with E-state index in [1.54, 1.807) is 18.2 Å². The Kier molecular flexibility index (Phi) is 8.30. The molecule has 0 bridgehead atoms. The van der Waals surface area contributed by atoms with Gasteiger partial charge >= 0.3 is 0 Å². The number of carbonyl (C=O) groups is 1. The predicted octanol–water partition coefficient (Wildman–Crippen LogP) is 6.65. The number of hydrazone groups is 1. The fourth-order valence-corrected chi connectivity index (χ4v) is 5.00. The number of halogens is 3. The van der Waals surface area contributed by atoms with Gasteiger partial charge in [-0.3, -0.25) is 9.36 Å². The van der Waals surface area contributed by atoms with Gasteiger partial charge in [-0.1, -0.05) is 71.9 Å². The standard InChI is InChI=1S/C23H22Cl3N5OS/c24-17-9-7-16(8-10-17)22-29-30-23(31(22)18-4-2-1-3-5-18)33-14-21(32)28-27-13-15-6-11-19(25)20(26)12-15/h6-13,18H,1-5,14H2,(H,28,32). The highest BCUT2D eigenvalue weighted by atomic mass is 35.5. The summed E-state index contributed by atoms with van der Waals surface area (Å²) in [7, 11) is 0. The molecule has 1 heterocycles. The van der Waals surface area contributed by atoms with Crippen molar-refractivity contribution in [3.8, 4) is 11.4 Å². The lowest BCUT2D eigenvalue weighted by molar-refractivity contribution is -0.118. The molecule has 6 nitrogen and oxygen atoms in total. The summed E-state index contributed by atoms with van der Waals surface area (Å²) in [6.07, 6.45) is 7.27. The van der Waals surface area contributed by atoms with E-state index in [9.17, 15) is 4.79 Å². The van der Waals surface area contributed by atoms with Crippen LogP contribution in [0, 0.1) is 0 Å². The largest absolute Gasteiger partial charge is 0.299 e. The van der Waals surface area contributed by atoms with Crippen molar-refractivity contribution in [1.82, 2.24) is 20.2 Å². The summed E-state index contributed by atoms with van der Waals surface area (Å²) in [5, 5.41) is 15.2. The Labute approximate surface area is 211 Å².